The first-order valence-electron chi connectivity index (χ1n) is 6.60. The molecule has 0 spiro atoms. The van der Waals surface area contributed by atoms with Crippen LogP contribution in [0.4, 0.5) is 0 Å². The Morgan fingerprint density at radius 1 is 1.43 bits per heavy atom. The Morgan fingerprint density at radius 2 is 2.14 bits per heavy atom. The number of carbonyl (C=O) groups excluding carboxylic acids is 1. The van der Waals surface area contributed by atoms with Gasteiger partial charge in [-0.2, -0.15) is 0 Å². The number of amides is 1. The van der Waals surface area contributed by atoms with Crippen molar-refractivity contribution in [3.05, 3.63) is 29.8 Å². The first kappa shape index (κ1) is 16.8. The Morgan fingerprint density at radius 3 is 2.76 bits per heavy atom. The lowest BCUT2D eigenvalue weighted by Crippen LogP contribution is -2.37. The standard InChI is InChI=1S/C14H21N3O4/c1-3-17(8-9-20-2)13(18)10-21-12-7-5-4-6-11(12)14(15)16-19/h4-7,19H,3,8-10H2,1-2H3,(H2,15,16). The minimum Gasteiger partial charge on any atom is -0.483 e. The molecule has 0 aliphatic heterocycles. The van der Waals surface area contributed by atoms with Crippen molar-refractivity contribution in [1.82, 2.24) is 4.90 Å². The van der Waals surface area contributed by atoms with E-state index in [-0.39, 0.29) is 18.3 Å². The van der Waals surface area contributed by atoms with Gasteiger partial charge in [-0.3, -0.25) is 4.79 Å². The van der Waals surface area contributed by atoms with Crippen LogP contribution in [0.15, 0.2) is 29.4 Å². The summed E-state index contributed by atoms with van der Waals surface area (Å²) in [5.74, 6) is 0.178. The normalized spacial score (nSPS) is 11.2. The molecule has 0 heterocycles. The van der Waals surface area contributed by atoms with Crippen molar-refractivity contribution in [2.24, 2.45) is 10.9 Å². The third-order valence-corrected chi connectivity index (χ3v) is 2.92. The largest absolute Gasteiger partial charge is 0.483 e. The summed E-state index contributed by atoms with van der Waals surface area (Å²) in [6, 6.07) is 6.79. The summed E-state index contributed by atoms with van der Waals surface area (Å²) in [7, 11) is 1.59. The number of carbonyl (C=O) groups is 1. The smallest absolute Gasteiger partial charge is 0.260 e. The number of nitrogens with two attached hydrogens (primary N) is 1. The Kier molecular flexibility index (Phi) is 7.03. The maximum absolute atomic E-state index is 12.0. The van der Waals surface area contributed by atoms with Crippen LogP contribution in [0.25, 0.3) is 0 Å². The van der Waals surface area contributed by atoms with E-state index in [4.69, 9.17) is 20.4 Å². The number of ether oxygens (including phenoxy) is 2. The molecule has 0 saturated carbocycles. The van der Waals surface area contributed by atoms with Crippen molar-refractivity contribution in [2.75, 3.05) is 33.4 Å². The average molecular weight is 295 g/mol. The molecule has 1 aromatic rings. The van der Waals surface area contributed by atoms with Crippen molar-refractivity contribution >= 4 is 11.7 Å². The molecule has 0 aliphatic rings. The highest BCUT2D eigenvalue weighted by molar-refractivity contribution is 5.99. The summed E-state index contributed by atoms with van der Waals surface area (Å²) in [5, 5.41) is 11.7. The number of methoxy groups -OCH3 is 1. The number of rotatable bonds is 8. The van der Waals surface area contributed by atoms with Gasteiger partial charge in [0.1, 0.15) is 5.75 Å². The van der Waals surface area contributed by atoms with E-state index in [1.165, 1.54) is 0 Å². The van der Waals surface area contributed by atoms with E-state index < -0.39 is 0 Å². The molecule has 1 aromatic carbocycles. The van der Waals surface area contributed by atoms with Crippen molar-refractivity contribution < 1.29 is 19.5 Å². The van der Waals surface area contributed by atoms with Crippen LogP contribution in [-0.4, -0.2) is 55.3 Å². The van der Waals surface area contributed by atoms with Gasteiger partial charge in [-0.25, -0.2) is 0 Å². The van der Waals surface area contributed by atoms with E-state index in [1.54, 1.807) is 36.3 Å². The molecule has 0 atom stereocenters. The molecule has 0 bridgehead atoms. The van der Waals surface area contributed by atoms with E-state index in [2.05, 4.69) is 5.16 Å². The predicted molar refractivity (Wildman–Crippen MR) is 78.6 cm³/mol. The first-order valence-corrected chi connectivity index (χ1v) is 6.60. The fourth-order valence-electron chi connectivity index (χ4n) is 1.75. The Balaban J connectivity index is 2.68. The van der Waals surface area contributed by atoms with Crippen molar-refractivity contribution in [1.29, 1.82) is 0 Å². The van der Waals surface area contributed by atoms with Gasteiger partial charge in [-0.15, -0.1) is 0 Å². The van der Waals surface area contributed by atoms with Crippen LogP contribution in [0.1, 0.15) is 12.5 Å². The van der Waals surface area contributed by atoms with Gasteiger partial charge in [0.05, 0.1) is 12.2 Å². The monoisotopic (exact) mass is 295 g/mol. The minimum absolute atomic E-state index is 0.0650. The summed E-state index contributed by atoms with van der Waals surface area (Å²) in [4.78, 5) is 13.7. The van der Waals surface area contributed by atoms with Gasteiger partial charge in [0.25, 0.3) is 5.91 Å². The molecular weight excluding hydrogens is 274 g/mol. The van der Waals surface area contributed by atoms with Gasteiger partial charge in [0.2, 0.25) is 0 Å². The zero-order valence-electron chi connectivity index (χ0n) is 12.3. The van der Waals surface area contributed by atoms with Crippen molar-refractivity contribution in [3.8, 4) is 5.75 Å². The van der Waals surface area contributed by atoms with Crippen LogP contribution in [0.5, 0.6) is 5.75 Å². The highest BCUT2D eigenvalue weighted by atomic mass is 16.5. The molecule has 0 fully saturated rings. The van der Waals surface area contributed by atoms with Crippen LogP contribution in [-0.2, 0) is 9.53 Å². The second kappa shape index (κ2) is 8.80. The summed E-state index contributed by atoms with van der Waals surface area (Å²) in [6.07, 6.45) is 0. The van der Waals surface area contributed by atoms with Crippen LogP contribution in [0, 0.1) is 0 Å². The number of para-hydroxylation sites is 1. The molecule has 7 nitrogen and oxygen atoms in total. The zero-order valence-corrected chi connectivity index (χ0v) is 12.3. The number of likely N-dealkylation sites (N-methyl/N-ethyl adjacent to an activating group) is 1. The second-order valence-electron chi connectivity index (χ2n) is 4.24. The fourth-order valence-corrected chi connectivity index (χ4v) is 1.75. The molecule has 0 aliphatic carbocycles. The van der Waals surface area contributed by atoms with E-state index >= 15 is 0 Å². The van der Waals surface area contributed by atoms with Crippen LogP contribution < -0.4 is 10.5 Å². The third kappa shape index (κ3) is 4.96. The maximum atomic E-state index is 12.0. The quantitative estimate of drug-likeness (QED) is 0.318. The SMILES string of the molecule is CCN(CCOC)C(=O)COc1ccccc1C(N)=NO. The van der Waals surface area contributed by atoms with Gasteiger partial charge in [-0.05, 0) is 19.1 Å². The van der Waals surface area contributed by atoms with E-state index in [0.717, 1.165) is 0 Å². The molecule has 0 saturated heterocycles. The number of hydrogen-bond donors (Lipinski definition) is 2. The molecule has 116 valence electrons. The van der Waals surface area contributed by atoms with Crippen LogP contribution >= 0.6 is 0 Å². The molecule has 1 rings (SSSR count). The predicted octanol–water partition coefficient (Wildman–Crippen LogP) is 0.655. The van der Waals surface area contributed by atoms with E-state index in [9.17, 15) is 4.79 Å². The highest BCUT2D eigenvalue weighted by Gasteiger charge is 2.14. The lowest BCUT2D eigenvalue weighted by molar-refractivity contribution is -0.133. The van der Waals surface area contributed by atoms with Gasteiger partial charge >= 0.3 is 0 Å². The first-order chi connectivity index (χ1) is 10.1. The zero-order chi connectivity index (χ0) is 15.7. The summed E-state index contributed by atoms with van der Waals surface area (Å²) < 4.78 is 10.4. The lowest BCUT2D eigenvalue weighted by atomic mass is 10.2. The van der Waals surface area contributed by atoms with Gasteiger partial charge < -0.3 is 25.3 Å². The Labute approximate surface area is 123 Å². The molecule has 0 unspecified atom stereocenters. The van der Waals surface area contributed by atoms with E-state index in [0.29, 0.717) is 31.0 Å². The number of hydrogen-bond acceptors (Lipinski definition) is 5. The topological polar surface area (TPSA) is 97.4 Å². The highest BCUT2D eigenvalue weighted by Crippen LogP contribution is 2.17. The number of nitrogens with zero attached hydrogens (tertiary/aromatic N) is 2. The number of benzene rings is 1. The minimum atomic E-state index is -0.149. The Hall–Kier alpha value is -2.28. The molecule has 1 amide bonds. The van der Waals surface area contributed by atoms with E-state index in [1.807, 2.05) is 6.92 Å². The van der Waals surface area contributed by atoms with Crippen LogP contribution in [0.2, 0.25) is 0 Å². The average Bonchev–Trinajstić information content (AvgIpc) is 2.53. The summed E-state index contributed by atoms with van der Waals surface area (Å²) in [5.41, 5.74) is 6.00. The molecular formula is C14H21N3O4. The summed E-state index contributed by atoms with van der Waals surface area (Å²) in [6.45, 7) is 3.33. The van der Waals surface area contributed by atoms with Crippen molar-refractivity contribution in [2.45, 2.75) is 6.92 Å². The molecule has 3 N–H and O–H groups in total. The molecule has 7 heteroatoms. The summed E-state index contributed by atoms with van der Waals surface area (Å²) >= 11 is 0. The van der Waals surface area contributed by atoms with Gasteiger partial charge in [0, 0.05) is 20.2 Å². The molecule has 21 heavy (non-hydrogen) atoms. The van der Waals surface area contributed by atoms with Gasteiger partial charge in [-0.1, -0.05) is 17.3 Å². The second-order valence-corrected chi connectivity index (χ2v) is 4.24. The Bertz CT molecular complexity index is 491. The van der Waals surface area contributed by atoms with Crippen molar-refractivity contribution in [3.63, 3.8) is 0 Å². The fraction of sp³-hybridized carbons (Fsp3) is 0.429. The third-order valence-electron chi connectivity index (χ3n) is 2.92. The number of oxime groups is 1. The lowest BCUT2D eigenvalue weighted by Gasteiger charge is -2.20. The number of amidine groups is 1. The van der Waals surface area contributed by atoms with Crippen LogP contribution in [0.3, 0.4) is 0 Å². The molecule has 0 aromatic heterocycles. The molecule has 0 radical (unpaired) electrons. The maximum Gasteiger partial charge on any atom is 0.260 e. The van der Waals surface area contributed by atoms with Gasteiger partial charge in [0.15, 0.2) is 12.4 Å².